The summed E-state index contributed by atoms with van der Waals surface area (Å²) in [6, 6.07) is 11.1. The second kappa shape index (κ2) is 4.79. The Morgan fingerprint density at radius 3 is 2.56 bits per heavy atom. The van der Waals surface area contributed by atoms with E-state index in [4.69, 9.17) is 0 Å². The fourth-order valence-corrected chi connectivity index (χ4v) is 1.62. The molecule has 0 aromatic heterocycles. The van der Waals surface area contributed by atoms with Crippen molar-refractivity contribution in [3.05, 3.63) is 53.6 Å². The van der Waals surface area contributed by atoms with E-state index in [1.807, 2.05) is 6.92 Å². The quantitative estimate of drug-likeness (QED) is 0.759. The Labute approximate surface area is 105 Å². The molecule has 0 saturated heterocycles. The average molecular weight is 243 g/mol. The molecule has 0 bridgehead atoms. The van der Waals surface area contributed by atoms with E-state index >= 15 is 0 Å². The Balaban J connectivity index is 2.22. The fraction of sp³-hybridized carbons (Fsp3) is 0.0714. The number of rotatable bonds is 2. The van der Waals surface area contributed by atoms with E-state index in [-0.39, 0.29) is 17.1 Å². The minimum atomic E-state index is -0.418. The molecule has 1 amide bonds. The topological polar surface area (TPSA) is 69.6 Å². The van der Waals surface area contributed by atoms with Gasteiger partial charge in [-0.2, -0.15) is 0 Å². The van der Waals surface area contributed by atoms with Gasteiger partial charge in [0.15, 0.2) is 0 Å². The molecule has 0 heterocycles. The standard InChI is InChI=1S/C14H13NO3/c1-9-5-6-12(13(17)7-9)14(18)15-10-3-2-4-11(16)8-10/h2-8,16-17H,1H3,(H,15,18). The zero-order chi connectivity index (χ0) is 13.1. The van der Waals surface area contributed by atoms with Crippen molar-refractivity contribution in [2.75, 3.05) is 5.32 Å². The number of phenolic OH excluding ortho intramolecular Hbond substituents is 2. The van der Waals surface area contributed by atoms with Gasteiger partial charge in [-0.25, -0.2) is 0 Å². The average Bonchev–Trinajstić information content (AvgIpc) is 2.28. The first-order valence-corrected chi connectivity index (χ1v) is 5.46. The first kappa shape index (κ1) is 12.0. The van der Waals surface area contributed by atoms with Crippen LogP contribution in [0.1, 0.15) is 15.9 Å². The van der Waals surface area contributed by atoms with Gasteiger partial charge < -0.3 is 15.5 Å². The van der Waals surface area contributed by atoms with Crippen LogP contribution in [0.3, 0.4) is 0 Å². The number of aryl methyl sites for hydroxylation is 1. The van der Waals surface area contributed by atoms with Crippen LogP contribution < -0.4 is 5.32 Å². The number of amides is 1. The van der Waals surface area contributed by atoms with E-state index in [2.05, 4.69) is 5.32 Å². The highest BCUT2D eigenvalue weighted by molar-refractivity contribution is 6.06. The van der Waals surface area contributed by atoms with Crippen molar-refractivity contribution >= 4 is 11.6 Å². The third-order valence-corrected chi connectivity index (χ3v) is 2.50. The number of carbonyl (C=O) groups is 1. The molecule has 4 heteroatoms. The van der Waals surface area contributed by atoms with Crippen molar-refractivity contribution < 1.29 is 15.0 Å². The van der Waals surface area contributed by atoms with Gasteiger partial charge in [0.25, 0.3) is 5.91 Å². The van der Waals surface area contributed by atoms with Crippen molar-refractivity contribution in [2.45, 2.75) is 6.92 Å². The van der Waals surface area contributed by atoms with Crippen molar-refractivity contribution in [3.63, 3.8) is 0 Å². The largest absolute Gasteiger partial charge is 0.508 e. The molecule has 0 fully saturated rings. The third kappa shape index (κ3) is 2.60. The van der Waals surface area contributed by atoms with Crippen LogP contribution in [0.15, 0.2) is 42.5 Å². The molecule has 0 saturated carbocycles. The zero-order valence-corrected chi connectivity index (χ0v) is 9.84. The number of anilines is 1. The molecule has 0 aliphatic heterocycles. The van der Waals surface area contributed by atoms with Crippen LogP contribution >= 0.6 is 0 Å². The Morgan fingerprint density at radius 1 is 1.11 bits per heavy atom. The van der Waals surface area contributed by atoms with E-state index in [9.17, 15) is 15.0 Å². The van der Waals surface area contributed by atoms with Gasteiger partial charge in [-0.3, -0.25) is 4.79 Å². The normalized spacial score (nSPS) is 10.1. The predicted molar refractivity (Wildman–Crippen MR) is 68.9 cm³/mol. The predicted octanol–water partition coefficient (Wildman–Crippen LogP) is 2.66. The molecular formula is C14H13NO3. The van der Waals surface area contributed by atoms with Gasteiger partial charge in [-0.05, 0) is 36.8 Å². The molecule has 2 aromatic rings. The first-order valence-electron chi connectivity index (χ1n) is 5.46. The van der Waals surface area contributed by atoms with Crippen LogP contribution in [0.2, 0.25) is 0 Å². The summed E-state index contributed by atoms with van der Waals surface area (Å²) in [4.78, 5) is 11.9. The highest BCUT2D eigenvalue weighted by Gasteiger charge is 2.11. The molecule has 0 spiro atoms. The molecule has 4 nitrogen and oxygen atoms in total. The Kier molecular flexibility index (Phi) is 3.19. The first-order chi connectivity index (χ1) is 8.56. The Hall–Kier alpha value is -2.49. The Morgan fingerprint density at radius 2 is 1.89 bits per heavy atom. The van der Waals surface area contributed by atoms with Crippen LogP contribution in [-0.4, -0.2) is 16.1 Å². The van der Waals surface area contributed by atoms with Crippen LogP contribution in [-0.2, 0) is 0 Å². The van der Waals surface area contributed by atoms with E-state index < -0.39 is 5.91 Å². The number of benzene rings is 2. The lowest BCUT2D eigenvalue weighted by Crippen LogP contribution is -2.11. The summed E-state index contributed by atoms with van der Waals surface area (Å²) in [5, 5.41) is 21.6. The number of hydrogen-bond donors (Lipinski definition) is 3. The number of nitrogens with one attached hydrogen (secondary N) is 1. The van der Waals surface area contributed by atoms with Gasteiger partial charge in [0.05, 0.1) is 5.56 Å². The fourth-order valence-electron chi connectivity index (χ4n) is 1.62. The monoisotopic (exact) mass is 243 g/mol. The van der Waals surface area contributed by atoms with E-state index in [0.29, 0.717) is 5.69 Å². The maximum absolute atomic E-state index is 11.9. The Bertz CT molecular complexity index is 593. The van der Waals surface area contributed by atoms with Crippen LogP contribution in [0.4, 0.5) is 5.69 Å². The van der Waals surface area contributed by atoms with Crippen molar-refractivity contribution in [3.8, 4) is 11.5 Å². The maximum atomic E-state index is 11.9. The van der Waals surface area contributed by atoms with Crippen molar-refractivity contribution in [2.24, 2.45) is 0 Å². The zero-order valence-electron chi connectivity index (χ0n) is 9.84. The van der Waals surface area contributed by atoms with E-state index in [0.717, 1.165) is 5.56 Å². The molecular weight excluding hydrogens is 230 g/mol. The minimum Gasteiger partial charge on any atom is -0.508 e. The molecule has 0 aliphatic rings. The van der Waals surface area contributed by atoms with Crippen LogP contribution in [0.25, 0.3) is 0 Å². The molecule has 0 unspecified atom stereocenters. The lowest BCUT2D eigenvalue weighted by Gasteiger charge is -2.07. The van der Waals surface area contributed by atoms with Crippen molar-refractivity contribution in [1.29, 1.82) is 0 Å². The number of aromatic hydroxyl groups is 2. The summed E-state index contributed by atoms with van der Waals surface area (Å²) in [6.07, 6.45) is 0. The van der Waals surface area contributed by atoms with Crippen LogP contribution in [0, 0.1) is 6.92 Å². The summed E-state index contributed by atoms with van der Waals surface area (Å²) in [6.45, 7) is 1.83. The van der Waals surface area contributed by atoms with Gasteiger partial charge >= 0.3 is 0 Å². The molecule has 0 radical (unpaired) electrons. The molecule has 0 atom stereocenters. The molecule has 92 valence electrons. The van der Waals surface area contributed by atoms with Gasteiger partial charge in [-0.15, -0.1) is 0 Å². The second-order valence-electron chi connectivity index (χ2n) is 4.03. The van der Waals surface area contributed by atoms with Gasteiger partial charge in [0.2, 0.25) is 0 Å². The van der Waals surface area contributed by atoms with E-state index in [1.54, 1.807) is 24.3 Å². The number of hydrogen-bond acceptors (Lipinski definition) is 3. The summed E-state index contributed by atoms with van der Waals surface area (Å²) in [7, 11) is 0. The highest BCUT2D eigenvalue weighted by Crippen LogP contribution is 2.21. The summed E-state index contributed by atoms with van der Waals surface area (Å²) in [5.41, 5.74) is 1.55. The van der Waals surface area contributed by atoms with Gasteiger partial charge in [0.1, 0.15) is 11.5 Å². The van der Waals surface area contributed by atoms with Gasteiger partial charge in [-0.1, -0.05) is 12.1 Å². The molecule has 0 aliphatic carbocycles. The van der Waals surface area contributed by atoms with Gasteiger partial charge in [0, 0.05) is 11.8 Å². The minimum absolute atomic E-state index is 0.0624. The molecule has 18 heavy (non-hydrogen) atoms. The maximum Gasteiger partial charge on any atom is 0.259 e. The molecule has 2 aromatic carbocycles. The van der Waals surface area contributed by atoms with Crippen LogP contribution in [0.5, 0.6) is 11.5 Å². The summed E-state index contributed by atoms with van der Waals surface area (Å²) >= 11 is 0. The lowest BCUT2D eigenvalue weighted by atomic mass is 10.1. The third-order valence-electron chi connectivity index (χ3n) is 2.50. The molecule has 3 N–H and O–H groups in total. The van der Waals surface area contributed by atoms with Crippen molar-refractivity contribution in [1.82, 2.24) is 0 Å². The number of carbonyl (C=O) groups excluding carboxylic acids is 1. The summed E-state index contributed by atoms with van der Waals surface area (Å²) < 4.78 is 0. The molecule has 2 rings (SSSR count). The lowest BCUT2D eigenvalue weighted by molar-refractivity contribution is 0.102. The summed E-state index contributed by atoms with van der Waals surface area (Å²) in [5.74, 6) is -0.410. The second-order valence-corrected chi connectivity index (χ2v) is 4.03. The number of phenols is 2. The highest BCUT2D eigenvalue weighted by atomic mass is 16.3. The SMILES string of the molecule is Cc1ccc(C(=O)Nc2cccc(O)c2)c(O)c1. The smallest absolute Gasteiger partial charge is 0.259 e. The van der Waals surface area contributed by atoms with E-state index in [1.165, 1.54) is 18.2 Å².